The van der Waals surface area contributed by atoms with Crippen molar-refractivity contribution in [3.8, 4) is 0 Å². The van der Waals surface area contributed by atoms with Crippen molar-refractivity contribution in [3.05, 3.63) is 71.3 Å². The van der Waals surface area contributed by atoms with Crippen LogP contribution in [0.3, 0.4) is 0 Å². The summed E-state index contributed by atoms with van der Waals surface area (Å²) >= 11 is 0. The highest BCUT2D eigenvalue weighted by Crippen LogP contribution is 2.33. The van der Waals surface area contributed by atoms with Crippen LogP contribution < -0.4 is 5.32 Å². The summed E-state index contributed by atoms with van der Waals surface area (Å²) in [4.78, 5) is 14.9. The fourth-order valence-electron chi connectivity index (χ4n) is 3.86. The Hall–Kier alpha value is -1.84. The lowest BCUT2D eigenvalue weighted by molar-refractivity contribution is -0.134. The molecule has 0 aliphatic carbocycles. The fourth-order valence-corrected chi connectivity index (χ4v) is 3.86. The zero-order chi connectivity index (χ0) is 15.6. The highest BCUT2D eigenvalue weighted by atomic mass is 35.5. The summed E-state index contributed by atoms with van der Waals surface area (Å²) in [7, 11) is 0. The average Bonchev–Trinajstić information content (AvgIpc) is 3.15. The highest BCUT2D eigenvalue weighted by Gasteiger charge is 2.33. The van der Waals surface area contributed by atoms with E-state index >= 15 is 0 Å². The second-order valence-electron chi connectivity index (χ2n) is 6.53. The van der Waals surface area contributed by atoms with Crippen LogP contribution in [0, 0.1) is 0 Å². The monoisotopic (exact) mass is 342 g/mol. The van der Waals surface area contributed by atoms with E-state index < -0.39 is 0 Å². The first-order valence-corrected chi connectivity index (χ1v) is 8.48. The number of carbonyl (C=O) groups excluding carboxylic acids is 1. The topological polar surface area (TPSA) is 32.3 Å². The summed E-state index contributed by atoms with van der Waals surface area (Å²) in [6.45, 7) is 2.47. The largest absolute Gasteiger partial charge is 0.336 e. The van der Waals surface area contributed by atoms with Gasteiger partial charge in [0.15, 0.2) is 0 Å². The molecule has 1 saturated heterocycles. The van der Waals surface area contributed by atoms with E-state index in [4.69, 9.17) is 0 Å². The van der Waals surface area contributed by atoms with Crippen LogP contribution in [0.1, 0.15) is 35.4 Å². The standard InChI is InChI=1S/C20H22N2O.ClH/c23-20(19-11-6-12-21-19)22-13-16-9-4-5-10-17(16)18(14-22)15-7-2-1-3-8-15;/h1-5,7-10,18-19,21H,6,11-14H2;1H. The number of carbonyl (C=O) groups is 1. The molecule has 0 saturated carbocycles. The first kappa shape index (κ1) is 17.0. The lowest BCUT2D eigenvalue weighted by atomic mass is 9.84. The minimum absolute atomic E-state index is 0. The molecular weight excluding hydrogens is 320 g/mol. The van der Waals surface area contributed by atoms with Gasteiger partial charge in [0.05, 0.1) is 6.04 Å². The van der Waals surface area contributed by atoms with Crippen LogP contribution in [-0.2, 0) is 11.3 Å². The van der Waals surface area contributed by atoms with Crippen LogP contribution in [0.4, 0.5) is 0 Å². The lowest BCUT2D eigenvalue weighted by Crippen LogP contribution is -2.46. The van der Waals surface area contributed by atoms with Gasteiger partial charge in [0, 0.05) is 19.0 Å². The Balaban J connectivity index is 0.00000169. The molecule has 2 heterocycles. The Kier molecular flexibility index (Phi) is 5.22. The molecule has 2 atom stereocenters. The normalized spacial score (nSPS) is 22.6. The van der Waals surface area contributed by atoms with E-state index in [1.807, 2.05) is 11.0 Å². The maximum atomic E-state index is 12.9. The zero-order valence-electron chi connectivity index (χ0n) is 13.7. The van der Waals surface area contributed by atoms with Gasteiger partial charge in [-0.25, -0.2) is 0 Å². The van der Waals surface area contributed by atoms with E-state index in [-0.39, 0.29) is 30.3 Å². The maximum absolute atomic E-state index is 12.9. The van der Waals surface area contributed by atoms with Crippen LogP contribution >= 0.6 is 12.4 Å². The molecule has 0 spiro atoms. The van der Waals surface area contributed by atoms with Crippen LogP contribution in [-0.4, -0.2) is 29.9 Å². The SMILES string of the molecule is Cl.O=C(C1CCCN1)N1Cc2ccccc2C(c2ccccc2)C1. The quantitative estimate of drug-likeness (QED) is 0.908. The van der Waals surface area contributed by atoms with Crippen molar-refractivity contribution >= 4 is 18.3 Å². The van der Waals surface area contributed by atoms with Gasteiger partial charge in [0.2, 0.25) is 5.91 Å². The molecular formula is C20H23ClN2O. The lowest BCUT2D eigenvalue weighted by Gasteiger charge is -2.36. The van der Waals surface area contributed by atoms with Crippen molar-refractivity contribution in [3.63, 3.8) is 0 Å². The van der Waals surface area contributed by atoms with Crippen molar-refractivity contribution in [2.45, 2.75) is 31.3 Å². The Morgan fingerprint density at radius 3 is 2.54 bits per heavy atom. The molecule has 1 fully saturated rings. The Morgan fingerprint density at radius 1 is 1.04 bits per heavy atom. The Labute approximate surface area is 149 Å². The molecule has 2 aromatic carbocycles. The first-order valence-electron chi connectivity index (χ1n) is 8.48. The number of nitrogens with one attached hydrogen (secondary N) is 1. The molecule has 2 unspecified atom stereocenters. The predicted octanol–water partition coefficient (Wildman–Crippen LogP) is 3.33. The first-order chi connectivity index (χ1) is 11.3. The summed E-state index contributed by atoms with van der Waals surface area (Å²) in [6, 6.07) is 19.1. The zero-order valence-corrected chi connectivity index (χ0v) is 14.5. The van der Waals surface area contributed by atoms with Gasteiger partial charge < -0.3 is 10.2 Å². The molecule has 3 nitrogen and oxygen atoms in total. The minimum atomic E-state index is 0. The Bertz CT molecular complexity index is 698. The van der Waals surface area contributed by atoms with Crippen molar-refractivity contribution in [2.75, 3.05) is 13.1 Å². The van der Waals surface area contributed by atoms with Gasteiger partial charge in [-0.15, -0.1) is 12.4 Å². The van der Waals surface area contributed by atoms with E-state index in [1.54, 1.807) is 0 Å². The molecule has 1 N–H and O–H groups in total. The average molecular weight is 343 g/mol. The van der Waals surface area contributed by atoms with Gasteiger partial charge in [-0.1, -0.05) is 54.6 Å². The molecule has 126 valence electrons. The summed E-state index contributed by atoms with van der Waals surface area (Å²) in [6.07, 6.45) is 2.07. The fraction of sp³-hybridized carbons (Fsp3) is 0.350. The second kappa shape index (κ2) is 7.37. The third-order valence-electron chi connectivity index (χ3n) is 5.07. The molecule has 0 radical (unpaired) electrons. The van der Waals surface area contributed by atoms with Crippen LogP contribution in [0.25, 0.3) is 0 Å². The van der Waals surface area contributed by atoms with Gasteiger partial charge in [-0.05, 0) is 36.1 Å². The smallest absolute Gasteiger partial charge is 0.240 e. The minimum Gasteiger partial charge on any atom is -0.336 e. The number of fused-ring (bicyclic) bond motifs is 1. The molecule has 24 heavy (non-hydrogen) atoms. The molecule has 4 heteroatoms. The van der Waals surface area contributed by atoms with Crippen LogP contribution in [0.2, 0.25) is 0 Å². The Morgan fingerprint density at radius 2 is 1.79 bits per heavy atom. The van der Waals surface area contributed by atoms with Gasteiger partial charge >= 0.3 is 0 Å². The maximum Gasteiger partial charge on any atom is 0.240 e. The van der Waals surface area contributed by atoms with E-state index in [0.717, 1.165) is 32.5 Å². The van der Waals surface area contributed by atoms with Gasteiger partial charge in [0.1, 0.15) is 0 Å². The summed E-state index contributed by atoms with van der Waals surface area (Å²) in [5, 5.41) is 3.34. The van der Waals surface area contributed by atoms with Gasteiger partial charge in [-0.2, -0.15) is 0 Å². The summed E-state index contributed by atoms with van der Waals surface area (Å²) in [5.41, 5.74) is 3.93. The highest BCUT2D eigenvalue weighted by molar-refractivity contribution is 5.85. The summed E-state index contributed by atoms with van der Waals surface area (Å²) < 4.78 is 0. The van der Waals surface area contributed by atoms with Gasteiger partial charge in [-0.3, -0.25) is 4.79 Å². The molecule has 2 aromatic rings. The van der Waals surface area contributed by atoms with Crippen molar-refractivity contribution < 1.29 is 4.79 Å². The molecule has 2 aliphatic rings. The number of benzene rings is 2. The van der Waals surface area contributed by atoms with Crippen molar-refractivity contribution in [2.24, 2.45) is 0 Å². The predicted molar refractivity (Wildman–Crippen MR) is 98.4 cm³/mol. The summed E-state index contributed by atoms with van der Waals surface area (Å²) in [5.74, 6) is 0.532. The number of halogens is 1. The number of amides is 1. The van der Waals surface area contributed by atoms with Crippen molar-refractivity contribution in [1.29, 1.82) is 0 Å². The molecule has 2 aliphatic heterocycles. The van der Waals surface area contributed by atoms with E-state index in [1.165, 1.54) is 16.7 Å². The third-order valence-corrected chi connectivity index (χ3v) is 5.07. The number of nitrogens with zero attached hydrogens (tertiary/aromatic N) is 1. The molecule has 0 bridgehead atoms. The van der Waals surface area contributed by atoms with Crippen molar-refractivity contribution in [1.82, 2.24) is 10.2 Å². The molecule has 4 rings (SSSR count). The van der Waals surface area contributed by atoms with E-state index in [2.05, 4.69) is 53.8 Å². The van der Waals surface area contributed by atoms with Crippen LogP contribution in [0.15, 0.2) is 54.6 Å². The molecule has 1 amide bonds. The molecule has 0 aromatic heterocycles. The van der Waals surface area contributed by atoms with E-state index in [9.17, 15) is 4.79 Å². The van der Waals surface area contributed by atoms with Crippen LogP contribution in [0.5, 0.6) is 0 Å². The third kappa shape index (κ3) is 3.19. The van der Waals surface area contributed by atoms with Gasteiger partial charge in [0.25, 0.3) is 0 Å². The van der Waals surface area contributed by atoms with E-state index in [0.29, 0.717) is 0 Å². The number of hydrogen-bond donors (Lipinski definition) is 1. The second-order valence-corrected chi connectivity index (χ2v) is 6.53. The number of rotatable bonds is 2. The number of hydrogen-bond acceptors (Lipinski definition) is 2.